The zero-order valence-corrected chi connectivity index (χ0v) is 26.3. The lowest BCUT2D eigenvalue weighted by molar-refractivity contribution is 0.492. The highest BCUT2D eigenvalue weighted by Gasteiger charge is 2.26. The van der Waals surface area contributed by atoms with Gasteiger partial charge in [0.05, 0.1) is 21.6 Å². The molecule has 1 aliphatic heterocycles. The monoisotopic (exact) mass is 626 g/mol. The van der Waals surface area contributed by atoms with Gasteiger partial charge in [0.1, 0.15) is 11.3 Å². The van der Waals surface area contributed by atoms with E-state index in [1.54, 1.807) is 36.5 Å². The molecular formula is C34H30N2O4S3. The van der Waals surface area contributed by atoms with Crippen molar-refractivity contribution < 1.29 is 17.4 Å². The summed E-state index contributed by atoms with van der Waals surface area (Å²) in [5, 5.41) is 4.83. The van der Waals surface area contributed by atoms with Gasteiger partial charge in [-0.15, -0.1) is 23.5 Å². The van der Waals surface area contributed by atoms with Crippen LogP contribution in [0.5, 0.6) is 0 Å². The molecule has 0 saturated heterocycles. The van der Waals surface area contributed by atoms with Crippen molar-refractivity contribution in [1.29, 1.82) is 0 Å². The van der Waals surface area contributed by atoms with Crippen LogP contribution in [0.4, 0.5) is 17.1 Å². The number of hydrogen-bond acceptors (Lipinski definition) is 7. The van der Waals surface area contributed by atoms with Crippen LogP contribution in [0.3, 0.4) is 0 Å². The van der Waals surface area contributed by atoms with Crippen LogP contribution in [0.15, 0.2) is 134 Å². The minimum Gasteiger partial charge on any atom is -0.456 e. The van der Waals surface area contributed by atoms with Gasteiger partial charge in [-0.1, -0.05) is 49.1 Å². The number of hydrogen-bond donors (Lipinski definition) is 2. The van der Waals surface area contributed by atoms with Crippen molar-refractivity contribution >= 4 is 67.2 Å². The van der Waals surface area contributed by atoms with Gasteiger partial charge in [-0.2, -0.15) is 8.42 Å². The van der Waals surface area contributed by atoms with Crippen LogP contribution in [-0.2, 0) is 10.1 Å². The Morgan fingerprint density at radius 2 is 1.67 bits per heavy atom. The fourth-order valence-corrected chi connectivity index (χ4v) is 6.77. The Balaban J connectivity index is 1.80. The summed E-state index contributed by atoms with van der Waals surface area (Å²) in [6.45, 7) is 5.38. The molecule has 0 saturated carbocycles. The van der Waals surface area contributed by atoms with Gasteiger partial charge in [0.2, 0.25) is 0 Å². The fraction of sp³-hybridized carbons (Fsp3) is 0.0882. The topological polar surface area (TPSA) is 91.9 Å². The number of fused-ring (bicyclic) bond motifs is 2. The van der Waals surface area contributed by atoms with Crippen molar-refractivity contribution in [2.24, 2.45) is 4.99 Å². The second-order valence-electron chi connectivity index (χ2n) is 9.42. The Labute approximate surface area is 260 Å². The third-order valence-corrected chi connectivity index (χ3v) is 9.38. The number of rotatable bonds is 9. The highest BCUT2D eigenvalue weighted by Crippen LogP contribution is 2.42. The second-order valence-corrected chi connectivity index (χ2v) is 12.5. The minimum absolute atomic E-state index is 0.222. The number of thioether (sulfide) groups is 2. The van der Waals surface area contributed by atoms with Crippen LogP contribution in [0, 0.1) is 0 Å². The first-order chi connectivity index (χ1) is 20.8. The lowest BCUT2D eigenvalue weighted by Crippen LogP contribution is -2.08. The van der Waals surface area contributed by atoms with E-state index in [0.29, 0.717) is 38.8 Å². The van der Waals surface area contributed by atoms with Crippen LogP contribution in [0.2, 0.25) is 0 Å². The first-order valence-corrected chi connectivity index (χ1v) is 17.2. The zero-order chi connectivity index (χ0) is 30.6. The highest BCUT2D eigenvalue weighted by molar-refractivity contribution is 7.99. The summed E-state index contributed by atoms with van der Waals surface area (Å²) in [7, 11) is -4.56. The number of benzene rings is 4. The van der Waals surface area contributed by atoms with Crippen molar-refractivity contribution in [1.82, 2.24) is 0 Å². The molecule has 2 aliphatic rings. The highest BCUT2D eigenvalue weighted by atomic mass is 32.2. The molecule has 2 N–H and O–H groups in total. The van der Waals surface area contributed by atoms with Gasteiger partial charge in [-0.05, 0) is 68.0 Å². The number of nitrogens with one attached hydrogen (secondary N) is 1. The van der Waals surface area contributed by atoms with E-state index in [2.05, 4.69) is 11.9 Å². The van der Waals surface area contributed by atoms with Gasteiger partial charge < -0.3 is 9.73 Å². The smallest absolute Gasteiger partial charge is 0.294 e. The maximum Gasteiger partial charge on any atom is 0.294 e. The molecular weight excluding hydrogens is 597 g/mol. The van der Waals surface area contributed by atoms with Gasteiger partial charge in [-0.3, -0.25) is 4.55 Å². The Morgan fingerprint density at radius 1 is 0.953 bits per heavy atom. The lowest BCUT2D eigenvalue weighted by Gasteiger charge is -2.19. The largest absolute Gasteiger partial charge is 0.456 e. The van der Waals surface area contributed by atoms with E-state index in [9.17, 15) is 13.0 Å². The third kappa shape index (κ3) is 6.50. The molecule has 3 aromatic rings. The van der Waals surface area contributed by atoms with Crippen molar-refractivity contribution in [3.8, 4) is 11.3 Å². The van der Waals surface area contributed by atoms with Gasteiger partial charge in [-0.25, -0.2) is 4.99 Å². The van der Waals surface area contributed by atoms with Gasteiger partial charge >= 0.3 is 0 Å². The predicted octanol–water partition coefficient (Wildman–Crippen LogP) is 9.32. The first-order valence-electron chi connectivity index (χ1n) is 13.3. The predicted molar refractivity (Wildman–Crippen MR) is 181 cm³/mol. The molecule has 9 heteroatoms. The molecule has 43 heavy (non-hydrogen) atoms. The number of nitrogens with zero attached hydrogens (tertiary/aromatic N) is 1. The van der Waals surface area contributed by atoms with E-state index in [0.717, 1.165) is 26.9 Å². The van der Waals surface area contributed by atoms with Crippen molar-refractivity contribution in [2.45, 2.75) is 16.7 Å². The van der Waals surface area contributed by atoms with E-state index in [1.165, 1.54) is 12.2 Å². The maximum atomic E-state index is 12.5. The molecule has 218 valence electrons. The average Bonchev–Trinajstić information content (AvgIpc) is 2.99. The normalized spacial score (nSPS) is 13.1. The molecule has 0 unspecified atom stereocenters. The van der Waals surface area contributed by atoms with Crippen LogP contribution < -0.4 is 10.7 Å². The molecule has 0 bridgehead atoms. The number of para-hydroxylation sites is 2. The van der Waals surface area contributed by atoms with Gasteiger partial charge in [0, 0.05) is 49.7 Å². The van der Waals surface area contributed by atoms with Crippen molar-refractivity contribution in [2.75, 3.05) is 17.8 Å². The van der Waals surface area contributed by atoms with Crippen molar-refractivity contribution in [3.63, 3.8) is 0 Å². The van der Waals surface area contributed by atoms with Crippen LogP contribution in [0.25, 0.3) is 27.9 Å². The third-order valence-electron chi connectivity index (χ3n) is 6.79. The van der Waals surface area contributed by atoms with E-state index in [-0.39, 0.29) is 4.91 Å². The SMILES string of the molecule is C=C/C=C(\C(=C/C)S(=O)(=O)O)c1c2ccc(=Nc3ccccc3SC)cc-2oc2cc(Nc3ccccc3SC)ccc12. The van der Waals surface area contributed by atoms with Crippen LogP contribution >= 0.6 is 23.5 Å². The van der Waals surface area contributed by atoms with Crippen LogP contribution in [0.1, 0.15) is 12.5 Å². The quantitative estimate of drug-likeness (QED) is 0.0729. The first kappa shape index (κ1) is 30.4. The van der Waals surface area contributed by atoms with E-state index >= 15 is 0 Å². The molecule has 5 rings (SSSR count). The molecule has 0 fully saturated rings. The molecule has 1 heterocycles. The average molecular weight is 627 g/mol. The maximum absolute atomic E-state index is 12.5. The zero-order valence-electron chi connectivity index (χ0n) is 23.9. The summed E-state index contributed by atoms with van der Waals surface area (Å²) >= 11 is 3.26. The number of anilines is 2. The van der Waals surface area contributed by atoms with Crippen molar-refractivity contribution in [3.05, 3.63) is 126 Å². The summed E-state index contributed by atoms with van der Waals surface area (Å²) in [6, 6.07) is 27.2. The molecule has 0 aromatic heterocycles. The lowest BCUT2D eigenvalue weighted by atomic mass is 9.92. The Morgan fingerprint density at radius 3 is 2.37 bits per heavy atom. The molecule has 0 atom stereocenters. The molecule has 0 radical (unpaired) electrons. The molecule has 1 aliphatic carbocycles. The fourth-order valence-electron chi connectivity index (χ4n) is 4.93. The molecule has 0 spiro atoms. The molecule has 3 aromatic carbocycles. The van der Waals surface area contributed by atoms with E-state index in [1.807, 2.05) is 97.4 Å². The molecule has 0 amide bonds. The second kappa shape index (κ2) is 13.1. The minimum atomic E-state index is -4.56. The summed E-state index contributed by atoms with van der Waals surface area (Å²) in [5.74, 6) is 0.507. The Bertz CT molecular complexity index is 2040. The standard InChI is InChI=1S/C34H30N2O4S3/c1-5-11-26(33(6-2)43(37,38)39)34-24-18-16-22(35-27-12-7-9-14-31(27)41-3)20-29(24)40-30-21-23(17-19-25(30)34)36-28-13-8-10-15-32(28)42-4/h5-21,35H,1H2,2-4H3,(H,37,38,39)/b26-11+,33-6+,36-23?. The summed E-state index contributed by atoms with van der Waals surface area (Å²) in [5.41, 5.74) is 4.67. The Kier molecular flexibility index (Phi) is 9.27. The van der Waals surface area contributed by atoms with Gasteiger partial charge in [0.25, 0.3) is 10.1 Å². The van der Waals surface area contributed by atoms with E-state index in [4.69, 9.17) is 9.41 Å². The summed E-state index contributed by atoms with van der Waals surface area (Å²) in [6.07, 6.45) is 8.50. The Hall–Kier alpha value is -4.02. The van der Waals surface area contributed by atoms with E-state index < -0.39 is 10.1 Å². The van der Waals surface area contributed by atoms with Gasteiger partial charge in [0.15, 0.2) is 0 Å². The summed E-state index contributed by atoms with van der Waals surface area (Å²) in [4.78, 5) is 6.78. The summed E-state index contributed by atoms with van der Waals surface area (Å²) < 4.78 is 41.7. The van der Waals surface area contributed by atoms with Crippen LogP contribution in [-0.4, -0.2) is 25.5 Å². The number of allylic oxidation sites excluding steroid dienone is 4. The molecule has 6 nitrogen and oxygen atoms in total.